The van der Waals surface area contributed by atoms with Crippen molar-refractivity contribution in [1.82, 2.24) is 19.9 Å². The Kier molecular flexibility index (Phi) is 5.18. The van der Waals surface area contributed by atoms with Crippen LogP contribution in [0.1, 0.15) is 82.0 Å². The molecule has 0 N–H and O–H groups in total. The van der Waals surface area contributed by atoms with E-state index in [9.17, 15) is 0 Å². The van der Waals surface area contributed by atoms with E-state index in [-0.39, 0.29) is 6.04 Å². The summed E-state index contributed by atoms with van der Waals surface area (Å²) < 4.78 is 5.57. The Bertz CT molecular complexity index is 519. The molecule has 1 aromatic rings. The molecule has 0 radical (unpaired) electrons. The average molecular weight is 332 g/mol. The Morgan fingerprint density at radius 1 is 1.04 bits per heavy atom. The zero-order valence-corrected chi connectivity index (χ0v) is 15.1. The molecule has 3 heterocycles. The summed E-state index contributed by atoms with van der Waals surface area (Å²) in [6.07, 6.45) is 10.8. The summed E-state index contributed by atoms with van der Waals surface area (Å²) in [5, 5.41) is 4.20. The Labute approximate surface area is 145 Å². The minimum Gasteiger partial charge on any atom is -0.338 e. The van der Waals surface area contributed by atoms with Gasteiger partial charge in [-0.15, -0.1) is 0 Å². The first kappa shape index (κ1) is 16.5. The number of hydrogen-bond acceptors (Lipinski definition) is 5. The number of hydrogen-bond donors (Lipinski definition) is 0. The van der Waals surface area contributed by atoms with Crippen LogP contribution in [0.5, 0.6) is 0 Å². The quantitative estimate of drug-likeness (QED) is 0.824. The van der Waals surface area contributed by atoms with E-state index in [4.69, 9.17) is 4.52 Å². The molecule has 134 valence electrons. The van der Waals surface area contributed by atoms with Crippen LogP contribution in [0.2, 0.25) is 0 Å². The fourth-order valence-corrected chi connectivity index (χ4v) is 4.36. The fourth-order valence-electron chi connectivity index (χ4n) is 4.36. The first-order valence-corrected chi connectivity index (χ1v) is 10.1. The highest BCUT2D eigenvalue weighted by Crippen LogP contribution is 2.39. The molecule has 2 atom stereocenters. The zero-order valence-electron chi connectivity index (χ0n) is 15.1. The molecule has 0 spiro atoms. The highest BCUT2D eigenvalue weighted by molar-refractivity contribution is 5.05. The van der Waals surface area contributed by atoms with Crippen molar-refractivity contribution in [2.75, 3.05) is 32.7 Å². The molecular formula is C19H32N4O. The molecule has 5 nitrogen and oxygen atoms in total. The summed E-state index contributed by atoms with van der Waals surface area (Å²) in [6, 6.07) is 0.261. The molecule has 3 fully saturated rings. The van der Waals surface area contributed by atoms with Crippen molar-refractivity contribution < 1.29 is 4.52 Å². The number of likely N-dealkylation sites (tertiary alicyclic amines) is 2. The van der Waals surface area contributed by atoms with Gasteiger partial charge in [-0.25, -0.2) is 0 Å². The Hall–Kier alpha value is -0.940. The lowest BCUT2D eigenvalue weighted by molar-refractivity contribution is 0.0906. The molecule has 24 heavy (non-hydrogen) atoms. The van der Waals surface area contributed by atoms with E-state index in [1.165, 1.54) is 84.1 Å². The number of nitrogens with zero attached hydrogens (tertiary/aromatic N) is 4. The molecular weight excluding hydrogens is 300 g/mol. The molecule has 0 amide bonds. The maximum atomic E-state index is 5.57. The largest absolute Gasteiger partial charge is 0.338 e. The summed E-state index contributed by atoms with van der Waals surface area (Å²) >= 11 is 0. The molecule has 1 saturated carbocycles. The second kappa shape index (κ2) is 7.52. The minimum absolute atomic E-state index is 0.261. The maximum Gasteiger partial charge on any atom is 0.243 e. The summed E-state index contributed by atoms with van der Waals surface area (Å²) in [4.78, 5) is 9.95. The van der Waals surface area contributed by atoms with Gasteiger partial charge >= 0.3 is 0 Å². The van der Waals surface area contributed by atoms with Gasteiger partial charge in [0.05, 0.1) is 6.04 Å². The first-order chi connectivity index (χ1) is 11.8. The van der Waals surface area contributed by atoms with Crippen LogP contribution in [0.15, 0.2) is 4.52 Å². The SMILES string of the molecule is C[C@H](c1nc(C2CC2)no1)N1CCC[C@@H](CN2CCCCCC2)C1. The normalized spacial score (nSPS) is 28.6. The molecule has 4 rings (SSSR count). The van der Waals surface area contributed by atoms with Crippen molar-refractivity contribution in [1.29, 1.82) is 0 Å². The van der Waals surface area contributed by atoms with Gasteiger partial charge in [-0.3, -0.25) is 4.90 Å². The Morgan fingerprint density at radius 3 is 2.58 bits per heavy atom. The second-order valence-electron chi connectivity index (χ2n) is 8.16. The molecule has 0 unspecified atom stereocenters. The summed E-state index contributed by atoms with van der Waals surface area (Å²) in [6.45, 7) is 8.47. The van der Waals surface area contributed by atoms with Gasteiger partial charge in [-0.05, 0) is 71.0 Å². The van der Waals surface area contributed by atoms with Gasteiger partial charge in [-0.2, -0.15) is 4.98 Å². The van der Waals surface area contributed by atoms with Crippen molar-refractivity contribution in [3.63, 3.8) is 0 Å². The lowest BCUT2D eigenvalue weighted by Gasteiger charge is -2.37. The third kappa shape index (κ3) is 3.99. The molecule has 0 bridgehead atoms. The van der Waals surface area contributed by atoms with Gasteiger partial charge in [-0.1, -0.05) is 18.0 Å². The van der Waals surface area contributed by atoms with E-state index >= 15 is 0 Å². The van der Waals surface area contributed by atoms with Gasteiger partial charge < -0.3 is 9.42 Å². The molecule has 2 aliphatic heterocycles. The highest BCUT2D eigenvalue weighted by Gasteiger charge is 2.32. The van der Waals surface area contributed by atoms with Crippen LogP contribution in [-0.2, 0) is 0 Å². The zero-order chi connectivity index (χ0) is 16.4. The topological polar surface area (TPSA) is 45.4 Å². The first-order valence-electron chi connectivity index (χ1n) is 10.1. The third-order valence-electron chi connectivity index (χ3n) is 6.07. The van der Waals surface area contributed by atoms with E-state index in [2.05, 4.69) is 26.9 Å². The Morgan fingerprint density at radius 2 is 1.83 bits per heavy atom. The van der Waals surface area contributed by atoms with Gasteiger partial charge in [0, 0.05) is 19.0 Å². The van der Waals surface area contributed by atoms with Crippen LogP contribution >= 0.6 is 0 Å². The maximum absolute atomic E-state index is 5.57. The van der Waals surface area contributed by atoms with E-state index in [1.54, 1.807) is 0 Å². The number of piperidine rings is 1. The predicted octanol–water partition coefficient (Wildman–Crippen LogP) is 3.60. The number of aromatic nitrogens is 2. The van der Waals surface area contributed by atoms with Gasteiger partial charge in [0.2, 0.25) is 5.89 Å². The summed E-state index contributed by atoms with van der Waals surface area (Å²) in [7, 11) is 0. The average Bonchev–Trinajstić information content (AvgIpc) is 3.39. The standard InChI is InChI=1S/C19H32N4O/c1-15(19-20-18(21-24-19)17-8-9-17)23-12-6-7-16(14-23)13-22-10-4-2-3-5-11-22/h15-17H,2-14H2,1H3/t15-,16+/m1/s1. The fraction of sp³-hybridized carbons (Fsp3) is 0.895. The minimum atomic E-state index is 0.261. The predicted molar refractivity (Wildman–Crippen MR) is 93.9 cm³/mol. The smallest absolute Gasteiger partial charge is 0.243 e. The van der Waals surface area contributed by atoms with Crippen molar-refractivity contribution in [2.24, 2.45) is 5.92 Å². The van der Waals surface area contributed by atoms with Gasteiger partial charge in [0.1, 0.15) is 0 Å². The molecule has 5 heteroatoms. The summed E-state index contributed by atoms with van der Waals surface area (Å²) in [5.74, 6) is 3.14. The molecule has 2 saturated heterocycles. The van der Waals surface area contributed by atoms with Crippen LogP contribution in [0.25, 0.3) is 0 Å². The van der Waals surface area contributed by atoms with E-state index in [0.29, 0.717) is 5.92 Å². The lowest BCUT2D eigenvalue weighted by Crippen LogP contribution is -2.42. The van der Waals surface area contributed by atoms with E-state index in [0.717, 1.165) is 17.6 Å². The van der Waals surface area contributed by atoms with Crippen LogP contribution < -0.4 is 0 Å². The van der Waals surface area contributed by atoms with Gasteiger partial charge in [0.15, 0.2) is 5.82 Å². The summed E-state index contributed by atoms with van der Waals surface area (Å²) in [5.41, 5.74) is 0. The molecule has 3 aliphatic rings. The van der Waals surface area contributed by atoms with Crippen LogP contribution in [0.4, 0.5) is 0 Å². The highest BCUT2D eigenvalue weighted by atomic mass is 16.5. The Balaban J connectivity index is 1.33. The van der Waals surface area contributed by atoms with Gasteiger partial charge in [0.25, 0.3) is 0 Å². The van der Waals surface area contributed by atoms with Crippen molar-refractivity contribution in [3.8, 4) is 0 Å². The molecule has 1 aliphatic carbocycles. The van der Waals surface area contributed by atoms with Crippen LogP contribution in [0, 0.1) is 5.92 Å². The van der Waals surface area contributed by atoms with E-state index in [1.807, 2.05) is 0 Å². The molecule has 0 aromatic carbocycles. The van der Waals surface area contributed by atoms with Crippen LogP contribution in [-0.4, -0.2) is 52.7 Å². The monoisotopic (exact) mass is 332 g/mol. The van der Waals surface area contributed by atoms with Crippen molar-refractivity contribution >= 4 is 0 Å². The van der Waals surface area contributed by atoms with Crippen molar-refractivity contribution in [3.05, 3.63) is 11.7 Å². The second-order valence-corrected chi connectivity index (χ2v) is 8.16. The number of rotatable bonds is 5. The third-order valence-corrected chi connectivity index (χ3v) is 6.07. The van der Waals surface area contributed by atoms with Crippen molar-refractivity contribution in [2.45, 2.75) is 70.3 Å². The molecule has 1 aromatic heterocycles. The van der Waals surface area contributed by atoms with E-state index < -0.39 is 0 Å². The van der Waals surface area contributed by atoms with Crippen LogP contribution in [0.3, 0.4) is 0 Å². The lowest BCUT2D eigenvalue weighted by atomic mass is 9.96.